The van der Waals surface area contributed by atoms with E-state index in [1.807, 2.05) is 0 Å². The minimum absolute atomic E-state index is 0.0917. The zero-order valence-electron chi connectivity index (χ0n) is 8.57. The highest BCUT2D eigenvalue weighted by Crippen LogP contribution is 2.38. The van der Waals surface area contributed by atoms with Gasteiger partial charge in [0.05, 0.1) is 5.69 Å². The van der Waals surface area contributed by atoms with Crippen molar-refractivity contribution in [2.75, 3.05) is 0 Å². The standard InChI is InChI=1S/C11H9FN2OS/c1-6-10(15)14-9-4-8(12)3-2-7(9)5-16-11(14)13-6/h2-4,15H,5H2,1H3. The zero-order chi connectivity index (χ0) is 11.3. The van der Waals surface area contributed by atoms with Crippen LogP contribution in [0.15, 0.2) is 23.4 Å². The lowest BCUT2D eigenvalue weighted by Gasteiger charge is -2.18. The maximum absolute atomic E-state index is 13.2. The molecule has 0 unspecified atom stereocenters. The van der Waals surface area contributed by atoms with Gasteiger partial charge in [-0.2, -0.15) is 0 Å². The molecular formula is C11H9FN2OS. The first-order chi connectivity index (χ1) is 7.66. The highest BCUT2D eigenvalue weighted by molar-refractivity contribution is 7.98. The number of thioether (sulfide) groups is 1. The molecular weight excluding hydrogens is 227 g/mol. The van der Waals surface area contributed by atoms with Crippen LogP contribution in [0.4, 0.5) is 4.39 Å². The summed E-state index contributed by atoms with van der Waals surface area (Å²) in [5, 5.41) is 10.6. The normalized spacial score (nSPS) is 13.4. The van der Waals surface area contributed by atoms with E-state index in [1.165, 1.54) is 12.1 Å². The third-order valence-electron chi connectivity index (χ3n) is 2.64. The Morgan fingerprint density at radius 3 is 3.12 bits per heavy atom. The van der Waals surface area contributed by atoms with E-state index in [-0.39, 0.29) is 11.7 Å². The Balaban J connectivity index is 2.32. The van der Waals surface area contributed by atoms with Crippen molar-refractivity contribution in [3.05, 3.63) is 35.3 Å². The first-order valence-electron chi connectivity index (χ1n) is 4.87. The molecule has 0 atom stereocenters. The number of rotatable bonds is 0. The second kappa shape index (κ2) is 3.25. The molecule has 1 aliphatic rings. The fraction of sp³-hybridized carbons (Fsp3) is 0.182. The number of benzene rings is 1. The smallest absolute Gasteiger partial charge is 0.219 e. The second-order valence-corrected chi connectivity index (χ2v) is 4.64. The minimum atomic E-state index is -0.303. The van der Waals surface area contributed by atoms with Crippen LogP contribution in [0.25, 0.3) is 5.69 Å². The summed E-state index contributed by atoms with van der Waals surface area (Å²) in [6, 6.07) is 4.61. The molecule has 3 nitrogen and oxygen atoms in total. The van der Waals surface area contributed by atoms with Gasteiger partial charge in [-0.15, -0.1) is 0 Å². The van der Waals surface area contributed by atoms with Crippen molar-refractivity contribution < 1.29 is 9.50 Å². The van der Waals surface area contributed by atoms with Crippen LogP contribution in [0.5, 0.6) is 5.88 Å². The van der Waals surface area contributed by atoms with Crippen molar-refractivity contribution in [2.24, 2.45) is 0 Å². The van der Waals surface area contributed by atoms with Gasteiger partial charge in [0.2, 0.25) is 5.88 Å². The zero-order valence-corrected chi connectivity index (χ0v) is 9.38. The van der Waals surface area contributed by atoms with Crippen LogP contribution in [0.3, 0.4) is 0 Å². The number of halogens is 1. The van der Waals surface area contributed by atoms with Gasteiger partial charge in [0, 0.05) is 5.75 Å². The van der Waals surface area contributed by atoms with E-state index in [4.69, 9.17) is 0 Å². The van der Waals surface area contributed by atoms with Gasteiger partial charge in [0.25, 0.3) is 0 Å². The summed E-state index contributed by atoms with van der Waals surface area (Å²) >= 11 is 1.54. The van der Waals surface area contributed by atoms with Crippen LogP contribution in [0.1, 0.15) is 11.3 Å². The summed E-state index contributed by atoms with van der Waals surface area (Å²) in [5.41, 5.74) is 2.26. The molecule has 0 radical (unpaired) electrons. The van der Waals surface area contributed by atoms with E-state index in [9.17, 15) is 9.50 Å². The molecule has 1 aliphatic heterocycles. The van der Waals surface area contributed by atoms with Gasteiger partial charge in [-0.3, -0.25) is 4.57 Å². The highest BCUT2D eigenvalue weighted by atomic mass is 32.2. The molecule has 1 aromatic heterocycles. The van der Waals surface area contributed by atoms with Crippen LogP contribution in [0.2, 0.25) is 0 Å². The Morgan fingerprint density at radius 1 is 1.50 bits per heavy atom. The van der Waals surface area contributed by atoms with Crippen molar-refractivity contribution in [3.8, 4) is 11.6 Å². The summed E-state index contributed by atoms with van der Waals surface area (Å²) in [7, 11) is 0. The molecule has 0 aliphatic carbocycles. The van der Waals surface area contributed by atoms with E-state index in [0.717, 1.165) is 11.3 Å². The van der Waals surface area contributed by atoms with Gasteiger partial charge in [0.1, 0.15) is 11.5 Å². The van der Waals surface area contributed by atoms with Gasteiger partial charge in [0.15, 0.2) is 5.16 Å². The van der Waals surface area contributed by atoms with Gasteiger partial charge in [-0.25, -0.2) is 9.37 Å². The molecule has 0 fully saturated rings. The average Bonchev–Trinajstić information content (AvgIpc) is 2.55. The molecule has 0 amide bonds. The maximum Gasteiger partial charge on any atom is 0.219 e. The Kier molecular flexibility index (Phi) is 1.97. The molecule has 1 N–H and O–H groups in total. The summed E-state index contributed by atoms with van der Waals surface area (Å²) in [6.45, 7) is 1.74. The Bertz CT molecular complexity index is 580. The molecule has 2 aromatic rings. The lowest BCUT2D eigenvalue weighted by molar-refractivity contribution is 0.433. The first kappa shape index (κ1) is 9.72. The van der Waals surface area contributed by atoms with Crippen LogP contribution in [0, 0.1) is 12.7 Å². The summed E-state index contributed by atoms with van der Waals surface area (Å²) in [4.78, 5) is 4.23. The Labute approximate surface area is 95.9 Å². The summed E-state index contributed by atoms with van der Waals surface area (Å²) in [5.74, 6) is 0.544. The van der Waals surface area contributed by atoms with Gasteiger partial charge < -0.3 is 5.11 Å². The number of hydrogen-bond donors (Lipinski definition) is 1. The van der Waals surface area contributed by atoms with E-state index < -0.39 is 0 Å². The number of hydrogen-bond acceptors (Lipinski definition) is 3. The highest BCUT2D eigenvalue weighted by Gasteiger charge is 2.22. The molecule has 0 saturated carbocycles. The predicted octanol–water partition coefficient (Wildman–Crippen LogP) is 2.63. The van der Waals surface area contributed by atoms with Crippen LogP contribution in [-0.4, -0.2) is 14.7 Å². The fourth-order valence-corrected chi connectivity index (χ4v) is 2.86. The second-order valence-electron chi connectivity index (χ2n) is 3.70. The van der Waals surface area contributed by atoms with Crippen molar-refractivity contribution >= 4 is 11.8 Å². The number of aromatic hydroxyl groups is 1. The third kappa shape index (κ3) is 1.24. The van der Waals surface area contributed by atoms with Crippen molar-refractivity contribution in [3.63, 3.8) is 0 Å². The number of aryl methyl sites for hydroxylation is 1. The maximum atomic E-state index is 13.2. The summed E-state index contributed by atoms with van der Waals surface area (Å²) < 4.78 is 14.8. The quantitative estimate of drug-likeness (QED) is 0.764. The van der Waals surface area contributed by atoms with Crippen molar-refractivity contribution in [2.45, 2.75) is 17.8 Å². The van der Waals surface area contributed by atoms with Crippen molar-refractivity contribution in [1.82, 2.24) is 9.55 Å². The average molecular weight is 236 g/mol. The minimum Gasteiger partial charge on any atom is -0.493 e. The molecule has 2 heterocycles. The van der Waals surface area contributed by atoms with Crippen LogP contribution >= 0.6 is 11.8 Å². The van der Waals surface area contributed by atoms with Crippen molar-refractivity contribution in [1.29, 1.82) is 0 Å². The Morgan fingerprint density at radius 2 is 2.31 bits per heavy atom. The SMILES string of the molecule is Cc1nc2n(c1O)-c1cc(F)ccc1CS2. The van der Waals surface area contributed by atoms with Gasteiger partial charge in [-0.05, 0) is 24.6 Å². The lowest BCUT2D eigenvalue weighted by atomic mass is 10.2. The van der Waals surface area contributed by atoms with E-state index in [0.29, 0.717) is 16.5 Å². The number of aromatic nitrogens is 2. The molecule has 0 spiro atoms. The molecule has 1 aromatic carbocycles. The van der Waals surface area contributed by atoms with Crippen LogP contribution in [-0.2, 0) is 5.75 Å². The molecule has 5 heteroatoms. The lowest BCUT2D eigenvalue weighted by Crippen LogP contribution is -2.05. The molecule has 82 valence electrons. The van der Waals surface area contributed by atoms with E-state index >= 15 is 0 Å². The predicted molar refractivity (Wildman–Crippen MR) is 59.5 cm³/mol. The van der Waals surface area contributed by atoms with E-state index in [2.05, 4.69) is 4.98 Å². The molecule has 16 heavy (non-hydrogen) atoms. The molecule has 3 rings (SSSR count). The van der Waals surface area contributed by atoms with Gasteiger partial charge >= 0.3 is 0 Å². The molecule has 0 bridgehead atoms. The van der Waals surface area contributed by atoms with Gasteiger partial charge in [-0.1, -0.05) is 17.8 Å². The van der Waals surface area contributed by atoms with E-state index in [1.54, 1.807) is 29.3 Å². The number of imidazole rings is 1. The monoisotopic (exact) mass is 236 g/mol. The fourth-order valence-electron chi connectivity index (χ4n) is 1.82. The summed E-state index contributed by atoms with van der Waals surface area (Å²) in [6.07, 6.45) is 0. The molecule has 0 saturated heterocycles. The largest absolute Gasteiger partial charge is 0.493 e. The topological polar surface area (TPSA) is 38.0 Å². The first-order valence-corrected chi connectivity index (χ1v) is 5.85. The number of nitrogens with zero attached hydrogens (tertiary/aromatic N) is 2. The van der Waals surface area contributed by atoms with Crippen LogP contribution < -0.4 is 0 Å². The number of fused-ring (bicyclic) bond motifs is 3. The third-order valence-corrected chi connectivity index (χ3v) is 3.62. The Hall–Kier alpha value is -1.49.